The quantitative estimate of drug-likeness (QED) is 0.314. The zero-order chi connectivity index (χ0) is 24.6. The zero-order valence-electron chi connectivity index (χ0n) is 20.4. The number of hydrogen-bond donors (Lipinski definition) is 2. The van der Waals surface area contributed by atoms with Crippen molar-refractivity contribution in [3.8, 4) is 11.1 Å². The lowest BCUT2D eigenvalue weighted by atomic mass is 9.86. The van der Waals surface area contributed by atoms with Crippen LogP contribution in [0.2, 0.25) is 0 Å². The Morgan fingerprint density at radius 2 is 1.77 bits per heavy atom. The molecule has 35 heavy (non-hydrogen) atoms. The molecule has 1 aliphatic heterocycles. The number of nitrogens with zero attached hydrogens (tertiary/aromatic N) is 2. The number of carbonyl (C=O) groups is 2. The van der Waals surface area contributed by atoms with Crippen molar-refractivity contribution in [3.63, 3.8) is 0 Å². The van der Waals surface area contributed by atoms with Crippen LogP contribution in [0.15, 0.2) is 66.7 Å². The van der Waals surface area contributed by atoms with Gasteiger partial charge in [0.1, 0.15) is 0 Å². The molecule has 6 nitrogen and oxygen atoms in total. The molecule has 1 aromatic heterocycles. The van der Waals surface area contributed by atoms with Crippen molar-refractivity contribution < 1.29 is 9.59 Å². The summed E-state index contributed by atoms with van der Waals surface area (Å²) in [4.78, 5) is 36.1. The fraction of sp³-hybridized carbons (Fsp3) is 0.276. The van der Waals surface area contributed by atoms with Crippen molar-refractivity contribution >= 4 is 34.5 Å². The van der Waals surface area contributed by atoms with E-state index in [-0.39, 0.29) is 11.8 Å². The Morgan fingerprint density at radius 1 is 1.03 bits per heavy atom. The van der Waals surface area contributed by atoms with Crippen molar-refractivity contribution in [2.24, 2.45) is 0 Å². The molecular weight excluding hydrogens is 436 g/mol. The Hall–Kier alpha value is -3.93. The number of carbonyl (C=O) groups excluding carboxylic acids is 2. The smallest absolute Gasteiger partial charge is 0.258 e. The number of unbranched alkanes of at least 4 members (excludes halogenated alkanes) is 2. The molecule has 6 heteroatoms. The van der Waals surface area contributed by atoms with Gasteiger partial charge in [0.25, 0.3) is 5.91 Å². The van der Waals surface area contributed by atoms with Gasteiger partial charge in [0.05, 0.1) is 22.1 Å². The molecule has 0 bridgehead atoms. The van der Waals surface area contributed by atoms with E-state index in [1.54, 1.807) is 0 Å². The minimum Gasteiger partial charge on any atom is -0.324 e. The molecule has 4 aromatic rings. The highest BCUT2D eigenvalue weighted by Gasteiger charge is 2.44. The fourth-order valence-corrected chi connectivity index (χ4v) is 4.86. The second-order valence-corrected chi connectivity index (χ2v) is 9.63. The summed E-state index contributed by atoms with van der Waals surface area (Å²) in [5.74, 6) is 0.285. The molecule has 0 saturated heterocycles. The molecule has 0 unspecified atom stereocenters. The van der Waals surface area contributed by atoms with E-state index in [1.165, 1.54) is 0 Å². The molecule has 2 amide bonds. The lowest BCUT2D eigenvalue weighted by Gasteiger charge is -2.20. The van der Waals surface area contributed by atoms with Crippen LogP contribution in [0.1, 0.15) is 56.0 Å². The SMILES string of the molecule is CCCCCN1C(=O)C(C)(C)c2cc3[nH]c(NC(=O)c4ccccc4-c4ccccc4)nc3cc21. The Bertz CT molecular complexity index is 1400. The van der Waals surface area contributed by atoms with E-state index in [2.05, 4.69) is 22.2 Å². The Balaban J connectivity index is 1.45. The highest BCUT2D eigenvalue weighted by atomic mass is 16.2. The monoisotopic (exact) mass is 466 g/mol. The average Bonchev–Trinajstić information content (AvgIpc) is 3.34. The second kappa shape index (κ2) is 9.02. The molecule has 1 aliphatic rings. The van der Waals surface area contributed by atoms with E-state index < -0.39 is 5.41 Å². The van der Waals surface area contributed by atoms with Gasteiger partial charge in [-0.25, -0.2) is 4.98 Å². The summed E-state index contributed by atoms with van der Waals surface area (Å²) in [7, 11) is 0. The van der Waals surface area contributed by atoms with Crippen LogP contribution in [0.25, 0.3) is 22.2 Å². The van der Waals surface area contributed by atoms with Gasteiger partial charge in [-0.15, -0.1) is 0 Å². The number of nitrogens with one attached hydrogen (secondary N) is 2. The van der Waals surface area contributed by atoms with Gasteiger partial charge in [-0.2, -0.15) is 0 Å². The third kappa shape index (κ3) is 4.09. The summed E-state index contributed by atoms with van der Waals surface area (Å²) in [5, 5.41) is 2.93. The van der Waals surface area contributed by atoms with Crippen LogP contribution in [-0.4, -0.2) is 28.3 Å². The number of aromatic amines is 1. The number of H-pyrrole nitrogens is 1. The summed E-state index contributed by atoms with van der Waals surface area (Å²) in [6.07, 6.45) is 3.16. The Kier molecular flexibility index (Phi) is 5.89. The van der Waals surface area contributed by atoms with Gasteiger partial charge in [0.2, 0.25) is 11.9 Å². The van der Waals surface area contributed by atoms with Crippen molar-refractivity contribution in [2.45, 2.75) is 45.4 Å². The minimum atomic E-state index is -0.598. The van der Waals surface area contributed by atoms with Gasteiger partial charge in [0, 0.05) is 12.1 Å². The first kappa shape index (κ1) is 22.8. The first-order chi connectivity index (χ1) is 16.9. The largest absolute Gasteiger partial charge is 0.324 e. The maximum atomic E-state index is 13.2. The third-order valence-electron chi connectivity index (χ3n) is 6.82. The molecule has 0 aliphatic carbocycles. The number of fused-ring (bicyclic) bond motifs is 2. The van der Waals surface area contributed by atoms with E-state index in [0.717, 1.165) is 52.7 Å². The van der Waals surface area contributed by atoms with Crippen LogP contribution < -0.4 is 10.2 Å². The van der Waals surface area contributed by atoms with Gasteiger partial charge in [-0.1, -0.05) is 68.3 Å². The van der Waals surface area contributed by atoms with E-state index in [9.17, 15) is 9.59 Å². The summed E-state index contributed by atoms with van der Waals surface area (Å²) in [5.41, 5.74) is 5.25. The number of aromatic nitrogens is 2. The number of benzene rings is 3. The molecule has 3 aromatic carbocycles. The van der Waals surface area contributed by atoms with E-state index in [1.807, 2.05) is 85.5 Å². The summed E-state index contributed by atoms with van der Waals surface area (Å²) < 4.78 is 0. The molecule has 0 spiro atoms. The molecule has 0 fully saturated rings. The van der Waals surface area contributed by atoms with Crippen molar-refractivity contribution in [2.75, 3.05) is 16.8 Å². The summed E-state index contributed by atoms with van der Waals surface area (Å²) in [6, 6.07) is 21.4. The van der Waals surface area contributed by atoms with E-state index in [4.69, 9.17) is 0 Å². The third-order valence-corrected chi connectivity index (χ3v) is 6.82. The highest BCUT2D eigenvalue weighted by Crippen LogP contribution is 2.43. The molecule has 0 atom stereocenters. The van der Waals surface area contributed by atoms with E-state index >= 15 is 0 Å². The standard InChI is InChI=1S/C29H30N4O2/c1-4-5-11-16-33-25-18-24-23(17-22(25)29(2,3)27(33)35)30-28(31-24)32-26(34)21-15-10-9-14-20(21)19-12-7-6-8-13-19/h6-10,12-15,17-18H,4-5,11,16H2,1-3H3,(H2,30,31,32,34). The predicted molar refractivity (Wildman–Crippen MR) is 141 cm³/mol. The van der Waals surface area contributed by atoms with Crippen LogP contribution in [0.4, 0.5) is 11.6 Å². The highest BCUT2D eigenvalue weighted by molar-refractivity contribution is 6.10. The van der Waals surface area contributed by atoms with E-state index in [0.29, 0.717) is 18.1 Å². The van der Waals surface area contributed by atoms with Crippen LogP contribution in [0, 0.1) is 0 Å². The molecule has 2 heterocycles. The molecule has 0 radical (unpaired) electrons. The zero-order valence-corrected chi connectivity index (χ0v) is 20.4. The summed E-state index contributed by atoms with van der Waals surface area (Å²) >= 11 is 0. The molecular formula is C29H30N4O2. The maximum absolute atomic E-state index is 13.2. The first-order valence-corrected chi connectivity index (χ1v) is 12.2. The van der Waals surface area contributed by atoms with Crippen molar-refractivity contribution in [1.82, 2.24) is 9.97 Å². The number of rotatable bonds is 7. The first-order valence-electron chi connectivity index (χ1n) is 12.2. The van der Waals surface area contributed by atoms with Crippen molar-refractivity contribution in [1.29, 1.82) is 0 Å². The lowest BCUT2D eigenvalue weighted by molar-refractivity contribution is -0.122. The molecule has 2 N–H and O–H groups in total. The lowest BCUT2D eigenvalue weighted by Crippen LogP contribution is -2.36. The number of hydrogen-bond acceptors (Lipinski definition) is 3. The number of amides is 2. The Labute approximate surface area is 205 Å². The molecule has 0 saturated carbocycles. The molecule has 178 valence electrons. The van der Waals surface area contributed by atoms with Crippen LogP contribution in [0.3, 0.4) is 0 Å². The second-order valence-electron chi connectivity index (χ2n) is 9.63. The minimum absolute atomic E-state index is 0.127. The predicted octanol–water partition coefficient (Wildman–Crippen LogP) is 6.30. The van der Waals surface area contributed by atoms with Gasteiger partial charge < -0.3 is 9.88 Å². The van der Waals surface area contributed by atoms with Crippen LogP contribution >= 0.6 is 0 Å². The van der Waals surface area contributed by atoms with Gasteiger partial charge in [0.15, 0.2) is 0 Å². The van der Waals surface area contributed by atoms with Gasteiger partial charge >= 0.3 is 0 Å². The fourth-order valence-electron chi connectivity index (χ4n) is 4.86. The van der Waals surface area contributed by atoms with Crippen molar-refractivity contribution in [3.05, 3.63) is 77.9 Å². The average molecular weight is 467 g/mol. The topological polar surface area (TPSA) is 78.1 Å². The molecule has 5 rings (SSSR count). The summed E-state index contributed by atoms with van der Waals surface area (Å²) in [6.45, 7) is 6.81. The number of anilines is 2. The van der Waals surface area contributed by atoms with Gasteiger partial charge in [-0.05, 0) is 55.2 Å². The Morgan fingerprint density at radius 3 is 2.54 bits per heavy atom. The normalized spacial score (nSPS) is 14.4. The maximum Gasteiger partial charge on any atom is 0.258 e. The van der Waals surface area contributed by atoms with Crippen LogP contribution in [0.5, 0.6) is 0 Å². The van der Waals surface area contributed by atoms with Gasteiger partial charge in [-0.3, -0.25) is 14.9 Å². The number of imidazole rings is 1. The van der Waals surface area contributed by atoms with Crippen LogP contribution in [-0.2, 0) is 10.2 Å².